The fraction of sp³-hybridized carbons (Fsp3) is 0.417. The molecule has 4 heteroatoms. The number of amides is 2. The molecule has 2 amide bonds. The van der Waals surface area contributed by atoms with Crippen molar-refractivity contribution in [1.29, 1.82) is 0 Å². The van der Waals surface area contributed by atoms with Gasteiger partial charge in [-0.25, -0.2) is 4.79 Å². The highest BCUT2D eigenvalue weighted by Gasteiger charge is 2.34. The average Bonchev–Trinajstić information content (AvgIpc) is 2.59. The third-order valence-corrected chi connectivity index (χ3v) is 3.19. The number of carbonyl (C=O) groups excluding carboxylic acids is 1. The number of likely N-dealkylation sites (N-methyl/N-ethyl adjacent to an activating group) is 1. The molecule has 1 saturated heterocycles. The van der Waals surface area contributed by atoms with Crippen molar-refractivity contribution in [2.45, 2.75) is 6.04 Å². The largest absolute Gasteiger partial charge is 0.321 e. The average molecular weight is 236 g/mol. The predicted octanol–water partition coefficient (Wildman–Crippen LogP) is 2.02. The maximum Gasteiger partial charge on any atom is 0.320 e. The van der Waals surface area contributed by atoms with E-state index in [1.165, 1.54) is 5.56 Å². The van der Waals surface area contributed by atoms with Crippen LogP contribution in [0.15, 0.2) is 30.3 Å². The van der Waals surface area contributed by atoms with Crippen LogP contribution in [0, 0.1) is 0 Å². The minimum atomic E-state index is 0.0999. The lowest BCUT2D eigenvalue weighted by molar-refractivity contribution is 0.197. The second kappa shape index (κ2) is 4.78. The van der Waals surface area contributed by atoms with Crippen LogP contribution in [0.2, 0.25) is 0 Å². The van der Waals surface area contributed by atoms with Crippen LogP contribution in [-0.2, 0) is 0 Å². The van der Waals surface area contributed by atoms with Crippen LogP contribution < -0.4 is 0 Å². The van der Waals surface area contributed by atoms with Gasteiger partial charge in [0.15, 0.2) is 0 Å². The fourth-order valence-corrected chi connectivity index (χ4v) is 2.32. The highest BCUT2D eigenvalue weighted by Crippen LogP contribution is 2.27. The molecule has 0 aromatic heterocycles. The number of thiol groups is 1. The topological polar surface area (TPSA) is 23.6 Å². The van der Waals surface area contributed by atoms with E-state index < -0.39 is 0 Å². The zero-order chi connectivity index (χ0) is 11.5. The van der Waals surface area contributed by atoms with Crippen molar-refractivity contribution in [3.05, 3.63) is 35.9 Å². The van der Waals surface area contributed by atoms with E-state index in [4.69, 9.17) is 0 Å². The SMILES string of the molecule is CN1C(=O)N(CCS)CC1c1ccccc1. The molecule has 0 radical (unpaired) electrons. The Balaban J connectivity index is 2.16. The molecule has 1 aliphatic heterocycles. The monoisotopic (exact) mass is 236 g/mol. The van der Waals surface area contributed by atoms with Gasteiger partial charge in [0.1, 0.15) is 0 Å². The number of hydrogen-bond donors (Lipinski definition) is 1. The van der Waals surface area contributed by atoms with Gasteiger partial charge in [-0.2, -0.15) is 12.6 Å². The van der Waals surface area contributed by atoms with Crippen LogP contribution in [0.4, 0.5) is 4.79 Å². The number of nitrogens with zero attached hydrogens (tertiary/aromatic N) is 2. The Bertz CT molecular complexity index is 369. The molecule has 1 aliphatic rings. The summed E-state index contributed by atoms with van der Waals surface area (Å²) in [7, 11) is 1.86. The van der Waals surface area contributed by atoms with Gasteiger partial charge < -0.3 is 9.80 Å². The lowest BCUT2D eigenvalue weighted by Gasteiger charge is -2.17. The minimum absolute atomic E-state index is 0.0999. The second-order valence-electron chi connectivity index (χ2n) is 3.99. The molecule has 0 bridgehead atoms. The Hall–Kier alpha value is -1.16. The van der Waals surface area contributed by atoms with E-state index >= 15 is 0 Å². The quantitative estimate of drug-likeness (QED) is 0.798. The van der Waals surface area contributed by atoms with Gasteiger partial charge in [-0.1, -0.05) is 30.3 Å². The van der Waals surface area contributed by atoms with E-state index in [1.807, 2.05) is 30.1 Å². The van der Waals surface area contributed by atoms with E-state index in [2.05, 4.69) is 24.8 Å². The fourth-order valence-electron chi connectivity index (χ4n) is 2.08. The van der Waals surface area contributed by atoms with Crippen molar-refractivity contribution >= 4 is 18.7 Å². The number of hydrogen-bond acceptors (Lipinski definition) is 2. The summed E-state index contributed by atoms with van der Waals surface area (Å²) in [5.74, 6) is 0.709. The molecule has 0 aliphatic carbocycles. The first-order valence-corrected chi connectivity index (χ1v) is 6.05. The van der Waals surface area contributed by atoms with E-state index in [0.29, 0.717) is 5.75 Å². The molecule has 1 atom stereocenters. The van der Waals surface area contributed by atoms with E-state index in [1.54, 1.807) is 4.90 Å². The minimum Gasteiger partial charge on any atom is -0.321 e. The standard InChI is InChI=1S/C12H16N2OS/c1-13-11(10-5-3-2-4-6-10)9-14(7-8-16)12(13)15/h2-6,11,16H,7-9H2,1H3. The van der Waals surface area contributed by atoms with Crippen molar-refractivity contribution in [1.82, 2.24) is 9.80 Å². The van der Waals surface area contributed by atoms with E-state index in [-0.39, 0.29) is 12.1 Å². The van der Waals surface area contributed by atoms with Gasteiger partial charge in [-0.05, 0) is 5.56 Å². The maximum absolute atomic E-state index is 11.9. The third kappa shape index (κ3) is 2.02. The molecule has 1 unspecified atom stereocenters. The summed E-state index contributed by atoms with van der Waals surface area (Å²) in [6.45, 7) is 1.48. The molecular formula is C12H16N2OS. The highest BCUT2D eigenvalue weighted by molar-refractivity contribution is 7.80. The molecule has 3 nitrogen and oxygen atoms in total. The van der Waals surface area contributed by atoms with Crippen LogP contribution in [0.3, 0.4) is 0 Å². The van der Waals surface area contributed by atoms with Crippen LogP contribution in [0.5, 0.6) is 0 Å². The molecule has 0 saturated carbocycles. The number of rotatable bonds is 3. The first-order chi connectivity index (χ1) is 7.74. The van der Waals surface area contributed by atoms with Gasteiger partial charge in [0.2, 0.25) is 0 Å². The molecule has 1 aromatic rings. The zero-order valence-corrected chi connectivity index (χ0v) is 10.2. The molecule has 86 valence electrons. The molecule has 0 N–H and O–H groups in total. The normalized spacial score (nSPS) is 20.6. The number of benzene rings is 1. The summed E-state index contributed by atoms with van der Waals surface area (Å²) in [5, 5.41) is 0. The molecule has 2 rings (SSSR count). The Morgan fingerprint density at radius 3 is 2.69 bits per heavy atom. The molecule has 0 spiro atoms. The second-order valence-corrected chi connectivity index (χ2v) is 4.44. The van der Waals surface area contributed by atoms with Crippen molar-refractivity contribution in [3.8, 4) is 0 Å². The van der Waals surface area contributed by atoms with E-state index in [0.717, 1.165) is 13.1 Å². The smallest absolute Gasteiger partial charge is 0.320 e. The van der Waals surface area contributed by atoms with Gasteiger partial charge in [-0.3, -0.25) is 0 Å². The Kier molecular flexibility index (Phi) is 3.39. The third-order valence-electron chi connectivity index (χ3n) is 2.99. The number of urea groups is 1. The lowest BCUT2D eigenvalue weighted by Crippen LogP contribution is -2.30. The van der Waals surface area contributed by atoms with Gasteiger partial charge in [0.25, 0.3) is 0 Å². The van der Waals surface area contributed by atoms with Gasteiger partial charge in [-0.15, -0.1) is 0 Å². The summed E-state index contributed by atoms with van der Waals surface area (Å²) in [6.07, 6.45) is 0. The molecule has 1 heterocycles. The van der Waals surface area contributed by atoms with Crippen molar-refractivity contribution in [3.63, 3.8) is 0 Å². The summed E-state index contributed by atoms with van der Waals surface area (Å²) < 4.78 is 0. The first kappa shape index (κ1) is 11.3. The van der Waals surface area contributed by atoms with Crippen molar-refractivity contribution in [2.24, 2.45) is 0 Å². The van der Waals surface area contributed by atoms with Gasteiger partial charge in [0.05, 0.1) is 6.04 Å². The van der Waals surface area contributed by atoms with Gasteiger partial charge >= 0.3 is 6.03 Å². The summed E-state index contributed by atoms with van der Waals surface area (Å²) in [6, 6.07) is 10.4. The van der Waals surface area contributed by atoms with Gasteiger partial charge in [0, 0.05) is 25.9 Å². The molecule has 1 fully saturated rings. The summed E-state index contributed by atoms with van der Waals surface area (Å²) in [4.78, 5) is 15.6. The van der Waals surface area contributed by atoms with Crippen LogP contribution in [-0.4, -0.2) is 41.7 Å². The predicted molar refractivity (Wildman–Crippen MR) is 67.8 cm³/mol. The summed E-state index contributed by atoms with van der Waals surface area (Å²) in [5.41, 5.74) is 1.19. The Morgan fingerprint density at radius 2 is 2.06 bits per heavy atom. The summed E-state index contributed by atoms with van der Waals surface area (Å²) >= 11 is 4.17. The van der Waals surface area contributed by atoms with Crippen molar-refractivity contribution < 1.29 is 4.79 Å². The van der Waals surface area contributed by atoms with Crippen molar-refractivity contribution in [2.75, 3.05) is 25.9 Å². The van der Waals surface area contributed by atoms with E-state index in [9.17, 15) is 4.79 Å². The van der Waals surface area contributed by atoms with Crippen LogP contribution >= 0.6 is 12.6 Å². The molecular weight excluding hydrogens is 220 g/mol. The first-order valence-electron chi connectivity index (χ1n) is 5.41. The lowest BCUT2D eigenvalue weighted by atomic mass is 10.1. The number of carbonyl (C=O) groups is 1. The maximum atomic E-state index is 11.9. The Morgan fingerprint density at radius 1 is 1.38 bits per heavy atom. The Labute approximate surface area is 101 Å². The highest BCUT2D eigenvalue weighted by atomic mass is 32.1. The zero-order valence-electron chi connectivity index (χ0n) is 9.34. The molecule has 1 aromatic carbocycles. The molecule has 16 heavy (non-hydrogen) atoms. The van der Waals surface area contributed by atoms with Crippen LogP contribution in [0.1, 0.15) is 11.6 Å². The van der Waals surface area contributed by atoms with Crippen LogP contribution in [0.25, 0.3) is 0 Å².